The lowest BCUT2D eigenvalue weighted by Crippen LogP contribution is -1.75. The van der Waals surface area contributed by atoms with Crippen LogP contribution in [0.15, 0.2) is 18.3 Å². The molecule has 1 aromatic heterocycles. The van der Waals surface area contributed by atoms with Gasteiger partial charge in [-0.05, 0) is 19.1 Å². The van der Waals surface area contributed by atoms with Crippen LogP contribution in [0.2, 0.25) is 5.02 Å². The Hall–Kier alpha value is -0.560. The first kappa shape index (κ1) is 8.44. The van der Waals surface area contributed by atoms with Gasteiger partial charge in [0, 0.05) is 11.9 Å². The molecule has 0 fully saturated rings. The van der Waals surface area contributed by atoms with Gasteiger partial charge < -0.3 is 0 Å². The number of hydrogen-bond acceptors (Lipinski definition) is 1. The highest BCUT2D eigenvalue weighted by molar-refractivity contribution is 6.30. The highest BCUT2D eigenvalue weighted by atomic mass is 35.5. The Morgan fingerprint density at radius 3 is 2.44 bits per heavy atom. The van der Waals surface area contributed by atoms with Crippen molar-refractivity contribution in [3.05, 3.63) is 29.0 Å². The maximum absolute atomic E-state index is 5.55. The number of hydrogen-bond donors (Lipinski definition) is 0. The van der Waals surface area contributed by atoms with Gasteiger partial charge >= 0.3 is 0 Å². The lowest BCUT2D eigenvalue weighted by atomic mass is 10.4. The highest BCUT2D eigenvalue weighted by Crippen LogP contribution is 2.04. The van der Waals surface area contributed by atoms with Crippen LogP contribution in [0.4, 0.5) is 0 Å². The summed E-state index contributed by atoms with van der Waals surface area (Å²) in [6.45, 7) is 1.93. The van der Waals surface area contributed by atoms with Gasteiger partial charge in [-0.3, -0.25) is 4.98 Å². The van der Waals surface area contributed by atoms with Gasteiger partial charge in [0.15, 0.2) is 0 Å². The highest BCUT2D eigenvalue weighted by Gasteiger charge is 1.83. The molecule has 1 aromatic rings. The monoisotopic (exact) mass is 143 g/mol. The molecule has 9 heavy (non-hydrogen) atoms. The fourth-order valence-electron chi connectivity index (χ4n) is 0.450. The summed E-state index contributed by atoms with van der Waals surface area (Å²) in [6.07, 6.45) is 1.64. The molecule has 2 heteroatoms. The summed E-state index contributed by atoms with van der Waals surface area (Å²) in [7, 11) is 0. The van der Waals surface area contributed by atoms with Crippen LogP contribution in [-0.4, -0.2) is 4.98 Å². The lowest BCUT2D eigenvalue weighted by Gasteiger charge is -1.87. The Balaban J connectivity index is 0.000000640. The van der Waals surface area contributed by atoms with Crippen molar-refractivity contribution in [2.75, 3.05) is 0 Å². The van der Waals surface area contributed by atoms with Crippen molar-refractivity contribution in [1.82, 2.24) is 4.98 Å². The molecule has 0 amide bonds. The fourth-order valence-corrected chi connectivity index (χ4v) is 0.562. The summed E-state index contributed by atoms with van der Waals surface area (Å²) in [6, 6.07) is 3.70. The quantitative estimate of drug-likeness (QED) is 0.544. The largest absolute Gasteiger partial charge is 0.260 e. The maximum atomic E-state index is 5.55. The summed E-state index contributed by atoms with van der Waals surface area (Å²) in [4.78, 5) is 3.95. The molecule has 0 aliphatic carbocycles. The average Bonchev–Trinajstić information content (AvgIpc) is 1.77. The first-order chi connectivity index (χ1) is 3.79. The molecule has 1 heterocycles. The second-order valence-electron chi connectivity index (χ2n) is 1.62. The van der Waals surface area contributed by atoms with Crippen molar-refractivity contribution in [2.24, 2.45) is 0 Å². The van der Waals surface area contributed by atoms with Crippen molar-refractivity contribution in [2.45, 2.75) is 14.4 Å². The second-order valence-corrected chi connectivity index (χ2v) is 2.05. The van der Waals surface area contributed by atoms with Gasteiger partial charge in [0.05, 0.1) is 5.02 Å². The zero-order chi connectivity index (χ0) is 5.98. The molecule has 0 N–H and O–H groups in total. The van der Waals surface area contributed by atoms with Gasteiger partial charge in [-0.2, -0.15) is 0 Å². The predicted molar refractivity (Wildman–Crippen MR) is 40.7 cm³/mol. The minimum atomic E-state index is 0. The molecule has 0 unspecified atom stereocenters. The summed E-state index contributed by atoms with van der Waals surface area (Å²) >= 11 is 5.55. The van der Waals surface area contributed by atoms with E-state index in [1.54, 1.807) is 6.20 Å². The third-order valence-electron chi connectivity index (χ3n) is 0.875. The molecule has 0 bridgehead atoms. The predicted octanol–water partition coefficient (Wildman–Crippen LogP) is 2.68. The standard InChI is InChI=1S/C6H6ClN.CH4/c1-5-2-3-6(7)4-8-5;/h2-4H,1H3;1H4. The van der Waals surface area contributed by atoms with Crippen LogP contribution in [0.3, 0.4) is 0 Å². The summed E-state index contributed by atoms with van der Waals surface area (Å²) in [5.41, 5.74) is 0.995. The van der Waals surface area contributed by atoms with Crippen molar-refractivity contribution in [1.29, 1.82) is 0 Å². The van der Waals surface area contributed by atoms with E-state index in [2.05, 4.69) is 4.98 Å². The van der Waals surface area contributed by atoms with Gasteiger partial charge in [-0.25, -0.2) is 0 Å². The van der Waals surface area contributed by atoms with Crippen LogP contribution in [0.5, 0.6) is 0 Å². The number of halogens is 1. The van der Waals surface area contributed by atoms with Crippen molar-refractivity contribution >= 4 is 11.6 Å². The number of pyridine rings is 1. The Morgan fingerprint density at radius 2 is 2.11 bits per heavy atom. The summed E-state index contributed by atoms with van der Waals surface area (Å²) in [5.74, 6) is 0. The van der Waals surface area contributed by atoms with Crippen LogP contribution < -0.4 is 0 Å². The lowest BCUT2D eigenvalue weighted by molar-refractivity contribution is 1.20. The first-order valence-corrected chi connectivity index (χ1v) is 2.75. The SMILES string of the molecule is C.Cc1ccc(Cl)cn1. The van der Waals surface area contributed by atoms with Crippen molar-refractivity contribution in [3.8, 4) is 0 Å². The van der Waals surface area contributed by atoms with Gasteiger partial charge in [0.2, 0.25) is 0 Å². The number of rotatable bonds is 0. The van der Waals surface area contributed by atoms with E-state index in [1.165, 1.54) is 0 Å². The van der Waals surface area contributed by atoms with E-state index in [9.17, 15) is 0 Å². The van der Waals surface area contributed by atoms with E-state index < -0.39 is 0 Å². The molecule has 50 valence electrons. The van der Waals surface area contributed by atoms with E-state index >= 15 is 0 Å². The molecular formula is C7H10ClN. The number of nitrogens with zero attached hydrogens (tertiary/aromatic N) is 1. The molecule has 0 spiro atoms. The minimum Gasteiger partial charge on any atom is -0.260 e. The molecular weight excluding hydrogens is 134 g/mol. The van der Waals surface area contributed by atoms with Crippen LogP contribution in [-0.2, 0) is 0 Å². The molecule has 0 aromatic carbocycles. The van der Waals surface area contributed by atoms with Crippen molar-refractivity contribution in [3.63, 3.8) is 0 Å². The second kappa shape index (κ2) is 3.46. The normalized spacial score (nSPS) is 8.22. The molecule has 0 radical (unpaired) electrons. The van der Waals surface area contributed by atoms with Crippen LogP contribution in [0.25, 0.3) is 0 Å². The van der Waals surface area contributed by atoms with Crippen LogP contribution in [0.1, 0.15) is 13.1 Å². The molecule has 1 nitrogen and oxygen atoms in total. The Morgan fingerprint density at radius 1 is 1.44 bits per heavy atom. The minimum absolute atomic E-state index is 0. The van der Waals surface area contributed by atoms with Crippen LogP contribution in [0, 0.1) is 6.92 Å². The van der Waals surface area contributed by atoms with E-state index in [1.807, 2.05) is 19.1 Å². The smallest absolute Gasteiger partial charge is 0.0589 e. The third kappa shape index (κ3) is 2.47. The average molecular weight is 144 g/mol. The summed E-state index contributed by atoms with van der Waals surface area (Å²) in [5, 5.41) is 0.690. The van der Waals surface area contributed by atoms with Gasteiger partial charge in [-0.15, -0.1) is 0 Å². The topological polar surface area (TPSA) is 12.9 Å². The van der Waals surface area contributed by atoms with Gasteiger partial charge in [-0.1, -0.05) is 19.0 Å². The zero-order valence-corrected chi connectivity index (χ0v) is 5.31. The van der Waals surface area contributed by atoms with E-state index in [4.69, 9.17) is 11.6 Å². The molecule has 1 rings (SSSR count). The van der Waals surface area contributed by atoms with E-state index in [0.717, 1.165) is 5.69 Å². The van der Waals surface area contributed by atoms with E-state index in [-0.39, 0.29) is 7.43 Å². The number of aryl methyl sites for hydroxylation is 1. The van der Waals surface area contributed by atoms with Gasteiger partial charge in [0.25, 0.3) is 0 Å². The Bertz CT molecular complexity index is 148. The summed E-state index contributed by atoms with van der Waals surface area (Å²) < 4.78 is 0. The van der Waals surface area contributed by atoms with Crippen LogP contribution >= 0.6 is 11.6 Å². The van der Waals surface area contributed by atoms with E-state index in [0.29, 0.717) is 5.02 Å². The molecule has 0 aliphatic heterocycles. The molecule has 0 saturated carbocycles. The fraction of sp³-hybridized carbons (Fsp3) is 0.286. The van der Waals surface area contributed by atoms with Crippen molar-refractivity contribution < 1.29 is 0 Å². The molecule has 0 atom stereocenters. The first-order valence-electron chi connectivity index (χ1n) is 2.37. The Labute approximate surface area is 60.7 Å². The van der Waals surface area contributed by atoms with Gasteiger partial charge in [0.1, 0.15) is 0 Å². The maximum Gasteiger partial charge on any atom is 0.0589 e. The molecule has 0 aliphatic rings. The Kier molecular flexibility index (Phi) is 3.25. The molecule has 0 saturated heterocycles. The number of aromatic nitrogens is 1. The third-order valence-corrected chi connectivity index (χ3v) is 1.10. The zero-order valence-electron chi connectivity index (χ0n) is 4.56.